The molecule has 2 saturated heterocycles. The number of amides is 1. The molecule has 178 valence electrons. The van der Waals surface area contributed by atoms with Crippen molar-refractivity contribution in [1.82, 2.24) is 25.1 Å². The molecule has 0 saturated carbocycles. The molecule has 2 aromatic rings. The molecule has 33 heavy (non-hydrogen) atoms. The first-order valence-corrected chi connectivity index (χ1v) is 11.1. The summed E-state index contributed by atoms with van der Waals surface area (Å²) in [7, 11) is 1.78. The van der Waals surface area contributed by atoms with Crippen LogP contribution in [0, 0.1) is 12.7 Å². The van der Waals surface area contributed by atoms with E-state index in [1.807, 2.05) is 0 Å². The Hall–Kier alpha value is -3.44. The Balaban J connectivity index is 1.65. The second kappa shape index (κ2) is 9.20. The lowest BCUT2D eigenvalue weighted by atomic mass is 9.81. The molecule has 0 aliphatic carbocycles. The van der Waals surface area contributed by atoms with Gasteiger partial charge in [-0.05, 0) is 46.0 Å². The van der Waals surface area contributed by atoms with E-state index in [9.17, 15) is 14.7 Å². The van der Waals surface area contributed by atoms with Gasteiger partial charge in [-0.3, -0.25) is 5.10 Å². The van der Waals surface area contributed by atoms with Crippen LogP contribution in [0.3, 0.4) is 0 Å². The predicted molar refractivity (Wildman–Crippen MR) is 117 cm³/mol. The van der Waals surface area contributed by atoms with Crippen LogP contribution < -0.4 is 10.2 Å². The van der Waals surface area contributed by atoms with Gasteiger partial charge in [0.15, 0.2) is 23.1 Å². The first-order valence-electron chi connectivity index (χ1n) is 11.1. The number of halogens is 1. The first kappa shape index (κ1) is 22.7. The number of carbonyl (C=O) groups is 2. The minimum Gasteiger partial charge on any atom is -0.465 e. The van der Waals surface area contributed by atoms with Crippen LogP contribution in [0.4, 0.5) is 26.8 Å². The van der Waals surface area contributed by atoms with Crippen molar-refractivity contribution in [2.45, 2.75) is 64.1 Å². The van der Waals surface area contributed by atoms with Crippen LogP contribution >= 0.6 is 0 Å². The predicted octanol–water partition coefficient (Wildman–Crippen LogP) is 3.07. The fourth-order valence-corrected chi connectivity index (χ4v) is 4.76. The second-order valence-electron chi connectivity index (χ2n) is 8.48. The van der Waals surface area contributed by atoms with Gasteiger partial charge in [0.1, 0.15) is 0 Å². The maximum absolute atomic E-state index is 15.1. The number of fused-ring (bicyclic) bond motifs is 2. The molecule has 1 amide bonds. The molecule has 2 fully saturated rings. The van der Waals surface area contributed by atoms with E-state index in [0.29, 0.717) is 18.7 Å². The number of anilines is 3. The summed E-state index contributed by atoms with van der Waals surface area (Å²) in [6.45, 7) is 3.51. The molecule has 4 heterocycles. The highest BCUT2D eigenvalue weighted by atomic mass is 19.1. The summed E-state index contributed by atoms with van der Waals surface area (Å²) in [6, 6.07) is 1.45. The molecule has 3 atom stereocenters. The Bertz CT molecular complexity index is 1030. The van der Waals surface area contributed by atoms with Gasteiger partial charge < -0.3 is 25.0 Å². The summed E-state index contributed by atoms with van der Waals surface area (Å²) in [5, 5.41) is 19.2. The number of hydrogen-bond acceptors (Lipinski definition) is 8. The third-order valence-electron chi connectivity index (χ3n) is 6.29. The minimum atomic E-state index is -0.927. The molecule has 4 rings (SSSR count). The van der Waals surface area contributed by atoms with E-state index in [2.05, 4.69) is 25.5 Å². The quantitative estimate of drug-likeness (QED) is 0.554. The molecule has 0 spiro atoms. The van der Waals surface area contributed by atoms with Gasteiger partial charge in [0.2, 0.25) is 5.95 Å². The highest BCUT2D eigenvalue weighted by Crippen LogP contribution is 2.37. The first-order chi connectivity index (χ1) is 15.8. The van der Waals surface area contributed by atoms with Crippen LogP contribution in [0.15, 0.2) is 6.07 Å². The highest BCUT2D eigenvalue weighted by molar-refractivity contribution is 5.89. The molecule has 2 aliphatic heterocycles. The van der Waals surface area contributed by atoms with Crippen LogP contribution in [0.2, 0.25) is 0 Å². The summed E-state index contributed by atoms with van der Waals surface area (Å²) < 4.78 is 20.1. The van der Waals surface area contributed by atoms with Crippen molar-refractivity contribution >= 4 is 29.6 Å². The van der Waals surface area contributed by atoms with Crippen LogP contribution in [-0.4, -0.2) is 74.0 Å². The molecule has 3 N–H and O–H groups in total. The Morgan fingerprint density at radius 1 is 1.33 bits per heavy atom. The van der Waals surface area contributed by atoms with E-state index in [1.165, 1.54) is 0 Å². The number of carbonyl (C=O) groups excluding carboxylic acids is 1. The number of esters is 1. The van der Waals surface area contributed by atoms with Crippen LogP contribution in [0.5, 0.6) is 0 Å². The Kier molecular flexibility index (Phi) is 6.34. The maximum Gasteiger partial charge on any atom is 0.407 e. The van der Waals surface area contributed by atoms with Crippen molar-refractivity contribution in [3.8, 4) is 0 Å². The molecule has 11 nitrogen and oxygen atoms in total. The number of rotatable bonds is 6. The SMILES string of the molecule is CCOC(=O)c1nc(N(C)C2C[C@H]3CCC[C@@H](C2)N3C(=O)O)nc(Nc2cc(C)[nH]n2)c1F. The second-order valence-corrected chi connectivity index (χ2v) is 8.48. The summed E-state index contributed by atoms with van der Waals surface area (Å²) >= 11 is 0. The third-order valence-corrected chi connectivity index (χ3v) is 6.29. The lowest BCUT2D eigenvalue weighted by molar-refractivity contribution is 0.0350. The van der Waals surface area contributed by atoms with Crippen molar-refractivity contribution in [3.63, 3.8) is 0 Å². The van der Waals surface area contributed by atoms with Gasteiger partial charge >= 0.3 is 12.1 Å². The average molecular weight is 461 g/mol. The molecule has 0 aromatic carbocycles. The molecule has 2 aliphatic rings. The molecule has 2 bridgehead atoms. The Morgan fingerprint density at radius 2 is 2.03 bits per heavy atom. The van der Waals surface area contributed by atoms with Gasteiger partial charge in [0.05, 0.1) is 6.61 Å². The zero-order chi connectivity index (χ0) is 23.7. The number of aryl methyl sites for hydroxylation is 1. The van der Waals surface area contributed by atoms with Gasteiger partial charge in [0.25, 0.3) is 0 Å². The fraction of sp³-hybridized carbons (Fsp3) is 0.571. The lowest BCUT2D eigenvalue weighted by Crippen LogP contribution is -2.58. The Morgan fingerprint density at radius 3 is 2.61 bits per heavy atom. The lowest BCUT2D eigenvalue weighted by Gasteiger charge is -2.49. The topological polar surface area (TPSA) is 137 Å². The Labute approximate surface area is 190 Å². The van der Waals surface area contributed by atoms with Gasteiger partial charge in [-0.25, -0.2) is 19.0 Å². The molecule has 0 radical (unpaired) electrons. The van der Waals surface area contributed by atoms with Crippen LogP contribution in [0.1, 0.15) is 55.2 Å². The maximum atomic E-state index is 15.1. The third kappa shape index (κ3) is 4.55. The monoisotopic (exact) mass is 461 g/mol. The van der Waals surface area contributed by atoms with Gasteiger partial charge in [-0.1, -0.05) is 0 Å². The zero-order valence-corrected chi connectivity index (χ0v) is 18.8. The number of nitrogens with one attached hydrogen (secondary N) is 2. The summed E-state index contributed by atoms with van der Waals surface area (Å²) in [5.74, 6) is -1.50. The van der Waals surface area contributed by atoms with E-state index >= 15 is 4.39 Å². The average Bonchev–Trinajstić information content (AvgIpc) is 3.18. The number of aromatic amines is 1. The van der Waals surface area contributed by atoms with E-state index in [0.717, 1.165) is 25.0 Å². The van der Waals surface area contributed by atoms with E-state index < -0.39 is 23.6 Å². The number of aromatic nitrogens is 4. The molecular formula is C21H28FN7O4. The van der Waals surface area contributed by atoms with E-state index in [4.69, 9.17) is 4.74 Å². The number of nitrogens with zero attached hydrogens (tertiary/aromatic N) is 5. The fourth-order valence-electron chi connectivity index (χ4n) is 4.76. The summed E-state index contributed by atoms with van der Waals surface area (Å²) in [6.07, 6.45) is 2.92. The van der Waals surface area contributed by atoms with Crippen molar-refractivity contribution in [3.05, 3.63) is 23.3 Å². The van der Waals surface area contributed by atoms with Crippen molar-refractivity contribution in [1.29, 1.82) is 0 Å². The summed E-state index contributed by atoms with van der Waals surface area (Å²) in [4.78, 5) is 36.0. The molecule has 1 unspecified atom stereocenters. The van der Waals surface area contributed by atoms with E-state index in [-0.39, 0.29) is 36.5 Å². The van der Waals surface area contributed by atoms with Gasteiger partial charge in [-0.2, -0.15) is 10.1 Å². The van der Waals surface area contributed by atoms with Gasteiger partial charge in [0, 0.05) is 36.9 Å². The van der Waals surface area contributed by atoms with Crippen LogP contribution in [-0.2, 0) is 4.74 Å². The normalized spacial score (nSPS) is 22.1. The number of ether oxygens (including phenoxy) is 1. The highest BCUT2D eigenvalue weighted by Gasteiger charge is 2.42. The minimum absolute atomic E-state index is 0.0584. The van der Waals surface area contributed by atoms with E-state index in [1.54, 1.807) is 36.8 Å². The smallest absolute Gasteiger partial charge is 0.407 e. The standard InChI is InChI=1S/C21H28FN7O4/c1-4-33-19(30)17-16(22)18(23-15-8-11(2)26-27-15)25-20(24-17)28(3)14-9-12-6-5-7-13(10-14)29(12)21(31)32/h8,12-14H,4-7,9-10H2,1-3H3,(H,31,32)(H2,23,24,25,26,27)/t12-,13+,14?. The van der Waals surface area contributed by atoms with Crippen LogP contribution in [0.25, 0.3) is 0 Å². The molecule has 2 aromatic heterocycles. The number of H-pyrrole nitrogens is 1. The van der Waals surface area contributed by atoms with Gasteiger partial charge in [-0.15, -0.1) is 0 Å². The van der Waals surface area contributed by atoms with Crippen molar-refractivity contribution < 1.29 is 23.8 Å². The number of hydrogen-bond donors (Lipinski definition) is 3. The molecule has 12 heteroatoms. The largest absolute Gasteiger partial charge is 0.465 e. The molecular weight excluding hydrogens is 433 g/mol. The number of carboxylic acid groups (broad SMARTS) is 1. The van der Waals surface area contributed by atoms with Crippen molar-refractivity contribution in [2.75, 3.05) is 23.9 Å². The number of piperidine rings is 2. The zero-order valence-electron chi connectivity index (χ0n) is 18.8. The van der Waals surface area contributed by atoms with Crippen molar-refractivity contribution in [2.24, 2.45) is 0 Å². The summed E-state index contributed by atoms with van der Waals surface area (Å²) in [5.41, 5.74) is 0.304.